The number of aliphatic imine (C=N–C) groups is 1. The molecule has 0 saturated carbocycles. The van der Waals surface area contributed by atoms with Gasteiger partial charge in [-0.3, -0.25) is 9.98 Å². The fourth-order valence-electron chi connectivity index (χ4n) is 5.85. The molecule has 0 fully saturated rings. The molecule has 6 rings (SSSR count). The summed E-state index contributed by atoms with van der Waals surface area (Å²) in [5.41, 5.74) is 10.6. The molecule has 42 heavy (non-hydrogen) atoms. The Morgan fingerprint density at radius 1 is 0.548 bits per heavy atom. The van der Waals surface area contributed by atoms with Gasteiger partial charge in [-0.1, -0.05) is 146 Å². The van der Waals surface area contributed by atoms with E-state index in [1.807, 2.05) is 30.6 Å². The topological polar surface area (TPSA) is 25.2 Å². The molecule has 2 nitrogen and oxygen atoms in total. The number of rotatable bonds is 9. The lowest BCUT2D eigenvalue weighted by atomic mass is 9.78. The minimum atomic E-state index is 0.0146. The van der Waals surface area contributed by atoms with E-state index >= 15 is 0 Å². The molecule has 0 spiro atoms. The number of aryl methyl sites for hydroxylation is 1. The van der Waals surface area contributed by atoms with Crippen LogP contribution in [0.4, 0.5) is 5.69 Å². The summed E-state index contributed by atoms with van der Waals surface area (Å²) in [6, 6.07) is 54.0. The van der Waals surface area contributed by atoms with Crippen molar-refractivity contribution in [1.29, 1.82) is 0 Å². The van der Waals surface area contributed by atoms with E-state index in [-0.39, 0.29) is 11.8 Å². The van der Waals surface area contributed by atoms with Crippen molar-refractivity contribution in [2.45, 2.75) is 25.2 Å². The van der Waals surface area contributed by atoms with Crippen molar-refractivity contribution < 1.29 is 0 Å². The average Bonchev–Trinajstić information content (AvgIpc) is 3.07. The van der Waals surface area contributed by atoms with Gasteiger partial charge < -0.3 is 0 Å². The predicted octanol–water partition coefficient (Wildman–Crippen LogP) is 9.75. The Kier molecular flexibility index (Phi) is 8.43. The molecule has 1 aromatic heterocycles. The van der Waals surface area contributed by atoms with Crippen LogP contribution < -0.4 is 0 Å². The molecule has 0 radical (unpaired) electrons. The first-order valence-electron chi connectivity index (χ1n) is 14.6. The van der Waals surface area contributed by atoms with Gasteiger partial charge in [0, 0.05) is 18.0 Å². The van der Waals surface area contributed by atoms with Crippen LogP contribution in [0.15, 0.2) is 163 Å². The van der Waals surface area contributed by atoms with Gasteiger partial charge in [-0.2, -0.15) is 0 Å². The van der Waals surface area contributed by atoms with E-state index in [2.05, 4.69) is 145 Å². The van der Waals surface area contributed by atoms with E-state index in [0.29, 0.717) is 0 Å². The monoisotopic (exact) mass is 542 g/mol. The van der Waals surface area contributed by atoms with Gasteiger partial charge in [0.05, 0.1) is 17.6 Å². The molecule has 204 valence electrons. The highest BCUT2D eigenvalue weighted by atomic mass is 14.8. The maximum Gasteiger partial charge on any atom is 0.0812 e. The highest BCUT2D eigenvalue weighted by molar-refractivity contribution is 5.81. The van der Waals surface area contributed by atoms with Crippen LogP contribution in [0.2, 0.25) is 0 Å². The van der Waals surface area contributed by atoms with Gasteiger partial charge in [-0.05, 0) is 57.5 Å². The van der Waals surface area contributed by atoms with E-state index < -0.39 is 0 Å². The summed E-state index contributed by atoms with van der Waals surface area (Å²) in [6.45, 7) is 2.22. The summed E-state index contributed by atoms with van der Waals surface area (Å²) < 4.78 is 0. The second kappa shape index (κ2) is 13.1. The lowest BCUT2D eigenvalue weighted by Gasteiger charge is -2.26. The van der Waals surface area contributed by atoms with Gasteiger partial charge in [0.1, 0.15) is 0 Å². The second-order valence-corrected chi connectivity index (χ2v) is 10.5. The van der Waals surface area contributed by atoms with Crippen LogP contribution in [0.5, 0.6) is 0 Å². The van der Waals surface area contributed by atoms with E-state index in [9.17, 15) is 0 Å². The standard InChI is InChI=1S/C40H34N2/c1-2-30-27-35(38(31-17-7-3-8-18-31)32-19-9-4-10-20-32)28-37(40(30)42-29-36-25-15-16-26-41-36)39(33-21-11-5-12-22-33)34-23-13-6-14-24-34/h3-29,38-39H,2H2,1H3. The minimum Gasteiger partial charge on any atom is -0.255 e. The number of hydrogen-bond acceptors (Lipinski definition) is 2. The Balaban J connectivity index is 1.63. The quantitative estimate of drug-likeness (QED) is 0.132. The van der Waals surface area contributed by atoms with Crippen LogP contribution in [-0.4, -0.2) is 11.2 Å². The summed E-state index contributed by atoms with van der Waals surface area (Å²) in [4.78, 5) is 9.69. The molecule has 5 aromatic carbocycles. The largest absolute Gasteiger partial charge is 0.255 e. The smallest absolute Gasteiger partial charge is 0.0812 e. The Morgan fingerprint density at radius 2 is 1.02 bits per heavy atom. The third kappa shape index (κ3) is 5.99. The fourth-order valence-corrected chi connectivity index (χ4v) is 5.85. The number of benzene rings is 5. The second-order valence-electron chi connectivity index (χ2n) is 10.5. The zero-order chi connectivity index (χ0) is 28.6. The fraction of sp³-hybridized carbons (Fsp3) is 0.100. The molecule has 2 heteroatoms. The summed E-state index contributed by atoms with van der Waals surface area (Å²) in [5, 5.41) is 0. The number of hydrogen-bond donors (Lipinski definition) is 0. The molecule has 1 heterocycles. The van der Waals surface area contributed by atoms with Crippen molar-refractivity contribution in [2.75, 3.05) is 0 Å². The van der Waals surface area contributed by atoms with Crippen molar-refractivity contribution >= 4 is 11.9 Å². The maximum atomic E-state index is 5.18. The van der Waals surface area contributed by atoms with Gasteiger partial charge in [0.25, 0.3) is 0 Å². The normalized spacial score (nSPS) is 11.4. The van der Waals surface area contributed by atoms with Crippen molar-refractivity contribution in [3.63, 3.8) is 0 Å². The van der Waals surface area contributed by atoms with Crippen LogP contribution in [0.25, 0.3) is 0 Å². The van der Waals surface area contributed by atoms with E-state index in [1.165, 1.54) is 38.9 Å². The van der Waals surface area contributed by atoms with E-state index in [0.717, 1.165) is 17.8 Å². The van der Waals surface area contributed by atoms with Crippen molar-refractivity contribution in [1.82, 2.24) is 4.98 Å². The van der Waals surface area contributed by atoms with Gasteiger partial charge in [0.2, 0.25) is 0 Å². The van der Waals surface area contributed by atoms with Crippen molar-refractivity contribution in [3.05, 3.63) is 202 Å². The Labute approximate surface area is 249 Å². The third-order valence-corrected chi connectivity index (χ3v) is 7.81. The first-order valence-corrected chi connectivity index (χ1v) is 14.6. The Morgan fingerprint density at radius 3 is 1.48 bits per heavy atom. The summed E-state index contributed by atoms with van der Waals surface area (Å²) in [5.74, 6) is 0.109. The lowest BCUT2D eigenvalue weighted by Crippen LogP contribution is -2.09. The Bertz CT molecular complexity index is 1650. The minimum absolute atomic E-state index is 0.0146. The van der Waals surface area contributed by atoms with Crippen LogP contribution in [0.1, 0.15) is 63.4 Å². The molecular weight excluding hydrogens is 508 g/mol. The predicted molar refractivity (Wildman–Crippen MR) is 175 cm³/mol. The van der Waals surface area contributed by atoms with Gasteiger partial charge in [0.15, 0.2) is 0 Å². The summed E-state index contributed by atoms with van der Waals surface area (Å²) in [6.07, 6.45) is 4.58. The molecule has 0 unspecified atom stereocenters. The van der Waals surface area contributed by atoms with Gasteiger partial charge >= 0.3 is 0 Å². The molecule has 0 N–H and O–H groups in total. The van der Waals surface area contributed by atoms with Crippen LogP contribution in [0, 0.1) is 0 Å². The molecule has 0 aliphatic carbocycles. The number of aromatic nitrogens is 1. The first-order chi connectivity index (χ1) is 20.8. The van der Waals surface area contributed by atoms with Crippen molar-refractivity contribution in [2.24, 2.45) is 4.99 Å². The molecule has 0 aliphatic rings. The SMILES string of the molecule is CCc1cc(C(c2ccccc2)c2ccccc2)cc(C(c2ccccc2)c2ccccc2)c1N=Cc1ccccn1. The highest BCUT2D eigenvalue weighted by Gasteiger charge is 2.25. The zero-order valence-corrected chi connectivity index (χ0v) is 23.8. The van der Waals surface area contributed by atoms with Crippen LogP contribution >= 0.6 is 0 Å². The maximum absolute atomic E-state index is 5.18. The Hall–Kier alpha value is -5.08. The molecule has 0 atom stereocenters. The third-order valence-electron chi connectivity index (χ3n) is 7.81. The van der Waals surface area contributed by atoms with Crippen LogP contribution in [0.3, 0.4) is 0 Å². The molecule has 0 amide bonds. The first kappa shape index (κ1) is 27.1. The van der Waals surface area contributed by atoms with E-state index in [4.69, 9.17) is 4.99 Å². The molecular formula is C40H34N2. The molecule has 0 saturated heterocycles. The molecule has 0 bridgehead atoms. The molecule has 6 aromatic rings. The van der Waals surface area contributed by atoms with E-state index in [1.54, 1.807) is 0 Å². The van der Waals surface area contributed by atoms with Gasteiger partial charge in [-0.15, -0.1) is 0 Å². The lowest BCUT2D eigenvalue weighted by molar-refractivity contribution is 0.927. The average molecular weight is 543 g/mol. The van der Waals surface area contributed by atoms with Gasteiger partial charge in [-0.25, -0.2) is 0 Å². The zero-order valence-electron chi connectivity index (χ0n) is 23.8. The highest BCUT2D eigenvalue weighted by Crippen LogP contribution is 2.43. The number of nitrogens with zero attached hydrogens (tertiary/aromatic N) is 2. The number of pyridine rings is 1. The van der Waals surface area contributed by atoms with Crippen molar-refractivity contribution in [3.8, 4) is 0 Å². The van der Waals surface area contributed by atoms with Crippen LogP contribution in [-0.2, 0) is 6.42 Å². The summed E-state index contributed by atoms with van der Waals surface area (Å²) >= 11 is 0. The summed E-state index contributed by atoms with van der Waals surface area (Å²) in [7, 11) is 0. The molecule has 0 aliphatic heterocycles.